The van der Waals surface area contributed by atoms with Crippen molar-refractivity contribution in [2.45, 2.75) is 25.7 Å². The van der Waals surface area contributed by atoms with Crippen LogP contribution in [0.15, 0.2) is 55.8 Å². The summed E-state index contributed by atoms with van der Waals surface area (Å²) in [5, 5.41) is -0.00143. The minimum atomic E-state index is -3.84. The molecule has 4 nitrogen and oxygen atoms in total. The molecule has 0 saturated heterocycles. The molecule has 0 fully saturated rings. The van der Waals surface area contributed by atoms with E-state index in [2.05, 4.69) is 4.40 Å². The van der Waals surface area contributed by atoms with Crippen molar-refractivity contribution >= 4 is 33.1 Å². The van der Waals surface area contributed by atoms with Crippen LogP contribution in [-0.4, -0.2) is 19.9 Å². The number of carbonyl (C=O) groups is 1. The Hall–Kier alpha value is -1.72. The van der Waals surface area contributed by atoms with E-state index in [1.165, 1.54) is 18.2 Å². The van der Waals surface area contributed by atoms with Crippen LogP contribution in [-0.2, 0) is 14.8 Å². The van der Waals surface area contributed by atoms with Crippen molar-refractivity contribution in [2.24, 2.45) is 4.40 Å². The van der Waals surface area contributed by atoms with Crippen LogP contribution >= 0.6 is 11.6 Å². The zero-order valence-electron chi connectivity index (χ0n) is 11.8. The minimum absolute atomic E-state index is 0.00143. The second-order valence-electron chi connectivity index (χ2n) is 4.86. The monoisotopic (exact) mass is 323 g/mol. The molecule has 0 unspecified atom stereocenters. The largest absolute Gasteiger partial charge is 0.288 e. The number of sulfonamides is 1. The summed E-state index contributed by atoms with van der Waals surface area (Å²) in [6.45, 7) is 5.09. The molecule has 0 N–H and O–H groups in total. The summed E-state index contributed by atoms with van der Waals surface area (Å²) in [7, 11) is -3.84. The van der Waals surface area contributed by atoms with Gasteiger partial charge in [0.25, 0.3) is 10.0 Å². The molecule has 0 saturated carbocycles. The molecule has 0 bridgehead atoms. The standard InChI is InChI=1S/C15H14ClNO3S/c1-9-4-6-12(7-5-9)21(19,20)17-15-10(2)8-13(18)14(16)11(15)3/h4-8H,1-3H3/b17-15-. The Balaban J connectivity index is 2.54. The predicted molar refractivity (Wildman–Crippen MR) is 83.1 cm³/mol. The topological polar surface area (TPSA) is 63.6 Å². The number of benzene rings is 1. The van der Waals surface area contributed by atoms with Crippen LogP contribution in [0.4, 0.5) is 0 Å². The van der Waals surface area contributed by atoms with Crippen molar-refractivity contribution in [3.05, 3.63) is 52.1 Å². The number of rotatable bonds is 2. The van der Waals surface area contributed by atoms with E-state index < -0.39 is 10.0 Å². The van der Waals surface area contributed by atoms with Crippen LogP contribution in [0.5, 0.6) is 0 Å². The molecular weight excluding hydrogens is 310 g/mol. The Morgan fingerprint density at radius 1 is 1.05 bits per heavy atom. The summed E-state index contributed by atoms with van der Waals surface area (Å²) >= 11 is 5.88. The first-order valence-electron chi connectivity index (χ1n) is 6.24. The quantitative estimate of drug-likeness (QED) is 0.785. The molecular formula is C15H14ClNO3S. The van der Waals surface area contributed by atoms with Gasteiger partial charge in [-0.25, -0.2) is 0 Å². The first-order valence-corrected chi connectivity index (χ1v) is 8.05. The zero-order valence-corrected chi connectivity index (χ0v) is 13.4. The number of ketones is 1. The molecule has 0 atom stereocenters. The lowest BCUT2D eigenvalue weighted by molar-refractivity contribution is -0.110. The van der Waals surface area contributed by atoms with Gasteiger partial charge in [-0.1, -0.05) is 29.3 Å². The fourth-order valence-corrected chi connectivity index (χ4v) is 3.19. The minimum Gasteiger partial charge on any atom is -0.288 e. The molecule has 110 valence electrons. The van der Waals surface area contributed by atoms with Gasteiger partial charge in [0.1, 0.15) is 0 Å². The smallest absolute Gasteiger partial charge is 0.282 e. The van der Waals surface area contributed by atoms with Crippen LogP contribution in [0.1, 0.15) is 19.4 Å². The van der Waals surface area contributed by atoms with Crippen LogP contribution in [0.3, 0.4) is 0 Å². The molecule has 0 heterocycles. The van der Waals surface area contributed by atoms with Crippen molar-refractivity contribution in [3.63, 3.8) is 0 Å². The van der Waals surface area contributed by atoms with E-state index in [-0.39, 0.29) is 21.4 Å². The maximum atomic E-state index is 12.3. The van der Waals surface area contributed by atoms with Crippen molar-refractivity contribution in [1.29, 1.82) is 0 Å². The SMILES string of the molecule is CC1=CC(=O)C(Cl)=C(C)/C1=N\S(=O)(=O)c1ccc(C)cc1. The van der Waals surface area contributed by atoms with Crippen LogP contribution in [0.2, 0.25) is 0 Å². The Labute approximate surface area is 128 Å². The van der Waals surface area contributed by atoms with E-state index in [1.807, 2.05) is 6.92 Å². The van der Waals surface area contributed by atoms with Crippen molar-refractivity contribution in [2.75, 3.05) is 0 Å². The maximum absolute atomic E-state index is 12.3. The highest BCUT2D eigenvalue weighted by molar-refractivity contribution is 7.90. The van der Waals surface area contributed by atoms with Gasteiger partial charge in [0, 0.05) is 0 Å². The maximum Gasteiger partial charge on any atom is 0.282 e. The van der Waals surface area contributed by atoms with Crippen molar-refractivity contribution in [3.8, 4) is 0 Å². The molecule has 0 aromatic heterocycles. The normalized spacial score (nSPS) is 18.2. The number of hydrogen-bond acceptors (Lipinski definition) is 3. The molecule has 6 heteroatoms. The fraction of sp³-hybridized carbons (Fsp3) is 0.200. The highest BCUT2D eigenvalue weighted by Crippen LogP contribution is 2.25. The van der Waals surface area contributed by atoms with Gasteiger partial charge in [-0.2, -0.15) is 12.8 Å². The third-order valence-corrected chi connectivity index (χ3v) is 4.91. The lowest BCUT2D eigenvalue weighted by atomic mass is 9.97. The summed E-state index contributed by atoms with van der Waals surface area (Å²) in [6.07, 6.45) is 1.29. The van der Waals surface area contributed by atoms with E-state index in [9.17, 15) is 13.2 Å². The van der Waals surface area contributed by atoms with Gasteiger partial charge in [-0.15, -0.1) is 0 Å². The molecule has 1 aromatic rings. The average molecular weight is 324 g/mol. The number of halogens is 1. The molecule has 0 spiro atoms. The number of nitrogens with zero attached hydrogens (tertiary/aromatic N) is 1. The summed E-state index contributed by atoms with van der Waals surface area (Å²) in [5.41, 5.74) is 2.04. The zero-order chi connectivity index (χ0) is 15.8. The average Bonchev–Trinajstić information content (AvgIpc) is 2.42. The molecule has 1 aliphatic rings. The first kappa shape index (κ1) is 15.7. The fourth-order valence-electron chi connectivity index (χ4n) is 1.94. The molecule has 1 aliphatic carbocycles. The summed E-state index contributed by atoms with van der Waals surface area (Å²) in [4.78, 5) is 11.7. The Morgan fingerprint density at radius 2 is 1.62 bits per heavy atom. The van der Waals surface area contributed by atoms with E-state index in [1.54, 1.807) is 26.0 Å². The van der Waals surface area contributed by atoms with Crippen LogP contribution in [0.25, 0.3) is 0 Å². The van der Waals surface area contributed by atoms with Crippen LogP contribution < -0.4 is 0 Å². The highest BCUT2D eigenvalue weighted by atomic mass is 35.5. The molecule has 1 aromatic carbocycles. The second-order valence-corrected chi connectivity index (χ2v) is 6.84. The van der Waals surface area contributed by atoms with Crippen molar-refractivity contribution < 1.29 is 13.2 Å². The number of allylic oxidation sites excluding steroid dienone is 4. The van der Waals surface area contributed by atoms with Gasteiger partial charge in [0.15, 0.2) is 5.78 Å². The number of carbonyl (C=O) groups excluding carboxylic acids is 1. The van der Waals surface area contributed by atoms with E-state index in [4.69, 9.17) is 11.6 Å². The van der Waals surface area contributed by atoms with Gasteiger partial charge >= 0.3 is 0 Å². The molecule has 0 aliphatic heterocycles. The Kier molecular flexibility index (Phi) is 4.16. The Bertz CT molecular complexity index is 800. The first-order chi connectivity index (χ1) is 9.72. The van der Waals surface area contributed by atoms with Crippen LogP contribution in [0, 0.1) is 6.92 Å². The number of hydrogen-bond donors (Lipinski definition) is 0. The van der Waals surface area contributed by atoms with Gasteiger partial charge in [-0.3, -0.25) is 4.79 Å². The summed E-state index contributed by atoms with van der Waals surface area (Å²) < 4.78 is 28.5. The second kappa shape index (κ2) is 5.58. The predicted octanol–water partition coefficient (Wildman–Crippen LogP) is 3.17. The lowest BCUT2D eigenvalue weighted by Crippen LogP contribution is -2.16. The summed E-state index contributed by atoms with van der Waals surface area (Å²) in [5.74, 6) is -0.335. The number of aryl methyl sites for hydroxylation is 1. The highest BCUT2D eigenvalue weighted by Gasteiger charge is 2.23. The third kappa shape index (κ3) is 3.14. The van der Waals surface area contributed by atoms with Gasteiger partial charge in [0.05, 0.1) is 15.6 Å². The molecule has 21 heavy (non-hydrogen) atoms. The van der Waals surface area contributed by atoms with Gasteiger partial charge in [-0.05, 0) is 50.1 Å². The molecule has 2 rings (SSSR count). The molecule has 0 amide bonds. The van der Waals surface area contributed by atoms with Gasteiger partial charge < -0.3 is 0 Å². The van der Waals surface area contributed by atoms with E-state index >= 15 is 0 Å². The van der Waals surface area contributed by atoms with Gasteiger partial charge in [0.2, 0.25) is 0 Å². The lowest BCUT2D eigenvalue weighted by Gasteiger charge is -2.14. The summed E-state index contributed by atoms with van der Waals surface area (Å²) in [6, 6.07) is 6.41. The Morgan fingerprint density at radius 3 is 2.19 bits per heavy atom. The van der Waals surface area contributed by atoms with Crippen molar-refractivity contribution in [1.82, 2.24) is 0 Å². The van der Waals surface area contributed by atoms with E-state index in [0.29, 0.717) is 11.1 Å². The third-order valence-electron chi connectivity index (χ3n) is 3.15. The molecule has 0 radical (unpaired) electrons. The van der Waals surface area contributed by atoms with E-state index in [0.717, 1.165) is 5.56 Å².